The fourth-order valence-corrected chi connectivity index (χ4v) is 7.90. The van der Waals surface area contributed by atoms with E-state index in [4.69, 9.17) is 9.05 Å². The number of halogens is 2. The van der Waals surface area contributed by atoms with E-state index in [9.17, 15) is 16.8 Å². The Morgan fingerprint density at radius 2 is 1.12 bits per heavy atom. The van der Waals surface area contributed by atoms with E-state index in [1.165, 1.54) is 12.1 Å². The third-order valence-corrected chi connectivity index (χ3v) is 12.4. The molecule has 4 aromatic rings. The molecule has 0 fully saturated rings. The highest BCUT2D eigenvalue weighted by Gasteiger charge is 2.22. The number of aromatic nitrogens is 2. The van der Waals surface area contributed by atoms with Crippen molar-refractivity contribution in [2.24, 2.45) is 0 Å². The molecule has 224 valence electrons. The van der Waals surface area contributed by atoms with Crippen LogP contribution in [0.15, 0.2) is 50.7 Å². The summed E-state index contributed by atoms with van der Waals surface area (Å²) in [4.78, 5) is 1.44. The van der Waals surface area contributed by atoms with E-state index in [0.717, 1.165) is 58.1 Å². The molecule has 0 saturated heterocycles. The van der Waals surface area contributed by atoms with Crippen molar-refractivity contribution in [3.05, 3.63) is 54.4 Å². The Bertz CT molecular complexity index is 1730. The van der Waals surface area contributed by atoms with Crippen LogP contribution in [0.25, 0.3) is 0 Å². The summed E-state index contributed by atoms with van der Waals surface area (Å²) in [6.07, 6.45) is 3.54. The molecule has 0 spiro atoms. The first kappa shape index (κ1) is 33.9. The first-order valence-corrected chi connectivity index (χ1v) is 18.5. The van der Waals surface area contributed by atoms with Gasteiger partial charge in [0.05, 0.1) is 21.1 Å². The smallest absolute Gasteiger partial charge is 0.273 e. The third kappa shape index (κ3) is 9.20. The number of nitrogens with one attached hydrogen (secondary N) is 2. The molecule has 0 aliphatic carbocycles. The Labute approximate surface area is 270 Å². The molecular weight excluding hydrogens is 752 g/mol. The second kappa shape index (κ2) is 15.2. The van der Waals surface area contributed by atoms with Gasteiger partial charge in [-0.25, -0.2) is 26.3 Å². The predicted molar refractivity (Wildman–Crippen MR) is 172 cm³/mol. The highest BCUT2D eigenvalue weighted by Crippen LogP contribution is 2.31. The van der Waals surface area contributed by atoms with Gasteiger partial charge in [-0.15, -0.1) is 22.7 Å². The van der Waals surface area contributed by atoms with Crippen LogP contribution in [0.1, 0.15) is 60.7 Å². The summed E-state index contributed by atoms with van der Waals surface area (Å²) >= 11 is 8.68. The van der Waals surface area contributed by atoms with E-state index < -0.39 is 20.0 Å². The van der Waals surface area contributed by atoms with Gasteiger partial charge < -0.3 is 9.05 Å². The lowest BCUT2D eigenvalue weighted by atomic mass is 10.3. The SMILES string of the molecule is CCCC#Cc1ccc(S(=O)(=O)Nc2onc(C)c2Br)s1.CCCC#Cc1ccc(S(=O)(=O)Nc2onc(C)c2Br)s1. The summed E-state index contributed by atoms with van der Waals surface area (Å²) in [5.41, 5.74) is 1.15. The van der Waals surface area contributed by atoms with E-state index >= 15 is 0 Å². The summed E-state index contributed by atoms with van der Waals surface area (Å²) in [7, 11) is -7.39. The van der Waals surface area contributed by atoms with E-state index in [1.54, 1.807) is 26.0 Å². The number of unbranched alkanes of at least 4 members (excludes halogenated alkanes) is 2. The number of sulfonamides is 2. The van der Waals surface area contributed by atoms with Crippen molar-refractivity contribution < 1.29 is 25.9 Å². The summed E-state index contributed by atoms with van der Waals surface area (Å²) in [6, 6.07) is 6.45. The molecular formula is C26H26Br2N4O6S4. The summed E-state index contributed by atoms with van der Waals surface area (Å²) in [6.45, 7) is 7.50. The number of aryl methyl sites for hydroxylation is 2. The summed E-state index contributed by atoms with van der Waals surface area (Å²) in [5, 5.41) is 7.36. The second-order valence-corrected chi connectivity index (χ2v) is 15.9. The first-order chi connectivity index (χ1) is 19.9. The van der Waals surface area contributed by atoms with Gasteiger partial charge in [-0.05, 0) is 82.8 Å². The van der Waals surface area contributed by atoms with Crippen molar-refractivity contribution in [3.63, 3.8) is 0 Å². The van der Waals surface area contributed by atoms with Gasteiger partial charge in [0.25, 0.3) is 31.8 Å². The lowest BCUT2D eigenvalue weighted by Crippen LogP contribution is -2.11. The fraction of sp³-hybridized carbons (Fsp3) is 0.308. The molecule has 2 N–H and O–H groups in total. The largest absolute Gasteiger partial charge is 0.336 e. The van der Waals surface area contributed by atoms with Crippen molar-refractivity contribution in [3.8, 4) is 23.7 Å². The number of anilines is 2. The molecule has 0 radical (unpaired) electrons. The minimum atomic E-state index is -3.70. The molecule has 0 aromatic carbocycles. The molecule has 4 heterocycles. The second-order valence-electron chi connectivity index (χ2n) is 8.37. The monoisotopic (exact) mass is 776 g/mol. The van der Waals surface area contributed by atoms with Crippen LogP contribution in [0.5, 0.6) is 0 Å². The Morgan fingerprint density at radius 3 is 1.43 bits per heavy atom. The Morgan fingerprint density at radius 1 is 0.738 bits per heavy atom. The van der Waals surface area contributed by atoms with Crippen LogP contribution in [0.2, 0.25) is 0 Å². The molecule has 42 heavy (non-hydrogen) atoms. The Hall–Kier alpha value is -2.60. The minimum Gasteiger partial charge on any atom is -0.336 e. The molecule has 16 heteroatoms. The maximum Gasteiger partial charge on any atom is 0.273 e. The molecule has 4 aromatic heterocycles. The van der Waals surface area contributed by atoms with Crippen molar-refractivity contribution >= 4 is 86.3 Å². The molecule has 0 amide bonds. The maximum atomic E-state index is 12.2. The van der Waals surface area contributed by atoms with E-state index in [-0.39, 0.29) is 20.2 Å². The molecule has 10 nitrogen and oxygen atoms in total. The average molecular weight is 779 g/mol. The van der Waals surface area contributed by atoms with Gasteiger partial charge in [-0.2, -0.15) is 0 Å². The number of hydrogen-bond donors (Lipinski definition) is 2. The Kier molecular flexibility index (Phi) is 12.3. The van der Waals surface area contributed by atoms with E-state index in [1.807, 2.05) is 13.8 Å². The molecule has 0 aliphatic heterocycles. The van der Waals surface area contributed by atoms with Crippen molar-refractivity contribution in [1.29, 1.82) is 0 Å². The van der Waals surface area contributed by atoms with Crippen LogP contribution in [-0.4, -0.2) is 27.1 Å². The zero-order valence-corrected chi connectivity index (χ0v) is 29.3. The topological polar surface area (TPSA) is 144 Å². The highest BCUT2D eigenvalue weighted by atomic mass is 79.9. The van der Waals surface area contributed by atoms with Gasteiger partial charge in [-0.1, -0.05) is 47.8 Å². The lowest BCUT2D eigenvalue weighted by Gasteiger charge is -2.01. The number of rotatable bonds is 8. The fourth-order valence-electron chi connectivity index (χ4n) is 2.80. The standard InChI is InChI=1S/2C13H13BrN2O3S2/c2*1-3-4-5-6-10-7-8-11(20-10)21(17,18)16-13-12(14)9(2)15-19-13/h2*7-8,16H,3-4H2,1-2H3. The normalized spacial score (nSPS) is 11.0. The van der Waals surface area contributed by atoms with Crippen LogP contribution in [0, 0.1) is 37.5 Å². The van der Waals surface area contributed by atoms with Gasteiger partial charge in [-0.3, -0.25) is 0 Å². The van der Waals surface area contributed by atoms with Crippen molar-refractivity contribution in [1.82, 2.24) is 10.3 Å². The van der Waals surface area contributed by atoms with E-state index in [0.29, 0.717) is 20.3 Å². The molecule has 0 saturated carbocycles. The molecule has 0 aliphatic rings. The van der Waals surface area contributed by atoms with Gasteiger partial charge >= 0.3 is 0 Å². The summed E-state index contributed by atoms with van der Waals surface area (Å²) < 4.78 is 64.9. The first-order valence-electron chi connectivity index (χ1n) is 12.3. The van der Waals surface area contributed by atoms with Crippen LogP contribution in [0.4, 0.5) is 11.8 Å². The zero-order chi connectivity index (χ0) is 30.9. The average Bonchev–Trinajstić information content (AvgIpc) is 3.74. The molecule has 0 unspecified atom stereocenters. The van der Waals surface area contributed by atoms with Crippen LogP contribution < -0.4 is 9.44 Å². The zero-order valence-electron chi connectivity index (χ0n) is 22.9. The summed E-state index contributed by atoms with van der Waals surface area (Å²) in [5.74, 6) is 12.0. The van der Waals surface area contributed by atoms with Gasteiger partial charge in [0.1, 0.15) is 17.4 Å². The number of nitrogens with zero attached hydrogens (tertiary/aromatic N) is 2. The molecule has 4 rings (SSSR count). The van der Waals surface area contributed by atoms with Gasteiger partial charge in [0.15, 0.2) is 0 Å². The molecule has 0 bridgehead atoms. The lowest BCUT2D eigenvalue weighted by molar-refractivity contribution is 0.430. The number of hydrogen-bond acceptors (Lipinski definition) is 10. The predicted octanol–water partition coefficient (Wildman–Crippen LogP) is 7.52. The van der Waals surface area contributed by atoms with Crippen molar-refractivity contribution in [2.75, 3.05) is 9.44 Å². The van der Waals surface area contributed by atoms with Crippen LogP contribution >= 0.6 is 54.5 Å². The highest BCUT2D eigenvalue weighted by molar-refractivity contribution is 9.11. The number of thiophene rings is 2. The van der Waals surface area contributed by atoms with E-state index in [2.05, 4.69) is 75.3 Å². The minimum absolute atomic E-state index is 0.0690. The Balaban J connectivity index is 0.000000230. The molecule has 0 atom stereocenters. The van der Waals surface area contributed by atoms with Gasteiger partial charge in [0.2, 0.25) is 0 Å². The quantitative estimate of drug-likeness (QED) is 0.175. The maximum absolute atomic E-state index is 12.2. The van der Waals surface area contributed by atoms with Gasteiger partial charge in [0, 0.05) is 12.8 Å². The van der Waals surface area contributed by atoms with Crippen molar-refractivity contribution in [2.45, 2.75) is 61.8 Å². The van der Waals surface area contributed by atoms with Crippen LogP contribution in [-0.2, 0) is 20.0 Å². The van der Waals surface area contributed by atoms with Crippen LogP contribution in [0.3, 0.4) is 0 Å². The third-order valence-electron chi connectivity index (χ3n) is 4.90.